The Kier molecular flexibility index (Phi) is 3.16. The van der Waals surface area contributed by atoms with E-state index in [9.17, 15) is 0 Å². The zero-order chi connectivity index (χ0) is 10.1. The Morgan fingerprint density at radius 1 is 1.07 bits per heavy atom. The first-order valence-corrected chi connectivity index (χ1v) is 6.42. The zero-order valence-electron chi connectivity index (χ0n) is 9.92. The van der Waals surface area contributed by atoms with Crippen molar-refractivity contribution in [3.8, 4) is 0 Å². The summed E-state index contributed by atoms with van der Waals surface area (Å²) in [4.78, 5) is 0. The van der Waals surface area contributed by atoms with Gasteiger partial charge in [-0.1, -0.05) is 33.6 Å². The van der Waals surface area contributed by atoms with Crippen molar-refractivity contribution >= 4 is 0 Å². The van der Waals surface area contributed by atoms with Gasteiger partial charge in [-0.2, -0.15) is 0 Å². The largest absolute Gasteiger partial charge is 0.313 e. The quantitative estimate of drug-likeness (QED) is 0.730. The molecule has 1 N–H and O–H groups in total. The summed E-state index contributed by atoms with van der Waals surface area (Å²) in [5, 5.41) is 3.77. The minimum Gasteiger partial charge on any atom is -0.313 e. The SMILES string of the molecule is CC1CCCC1CNC1CC(C)C1C. The summed E-state index contributed by atoms with van der Waals surface area (Å²) in [6.45, 7) is 8.47. The molecule has 0 radical (unpaired) electrons. The van der Waals surface area contributed by atoms with Crippen molar-refractivity contribution < 1.29 is 0 Å². The van der Waals surface area contributed by atoms with E-state index in [0.717, 1.165) is 29.7 Å². The molecule has 14 heavy (non-hydrogen) atoms. The van der Waals surface area contributed by atoms with E-state index in [2.05, 4.69) is 26.1 Å². The van der Waals surface area contributed by atoms with E-state index in [1.54, 1.807) is 0 Å². The van der Waals surface area contributed by atoms with Gasteiger partial charge >= 0.3 is 0 Å². The van der Waals surface area contributed by atoms with Gasteiger partial charge in [-0.15, -0.1) is 0 Å². The number of hydrogen-bond donors (Lipinski definition) is 1. The van der Waals surface area contributed by atoms with E-state index in [0.29, 0.717) is 0 Å². The number of hydrogen-bond acceptors (Lipinski definition) is 1. The van der Waals surface area contributed by atoms with E-state index in [1.165, 1.54) is 32.2 Å². The van der Waals surface area contributed by atoms with Gasteiger partial charge in [0.2, 0.25) is 0 Å². The monoisotopic (exact) mass is 195 g/mol. The van der Waals surface area contributed by atoms with Crippen molar-refractivity contribution in [2.24, 2.45) is 23.7 Å². The molecular formula is C13H25N. The van der Waals surface area contributed by atoms with Crippen LogP contribution in [0.15, 0.2) is 0 Å². The Balaban J connectivity index is 1.67. The highest BCUT2D eigenvalue weighted by Crippen LogP contribution is 2.35. The van der Waals surface area contributed by atoms with Crippen LogP contribution in [0.2, 0.25) is 0 Å². The fourth-order valence-corrected chi connectivity index (χ4v) is 3.13. The lowest BCUT2D eigenvalue weighted by Crippen LogP contribution is -2.49. The summed E-state index contributed by atoms with van der Waals surface area (Å²) < 4.78 is 0. The van der Waals surface area contributed by atoms with Crippen molar-refractivity contribution in [3.05, 3.63) is 0 Å². The van der Waals surface area contributed by atoms with Crippen LogP contribution >= 0.6 is 0 Å². The molecule has 0 aliphatic heterocycles. The Hall–Kier alpha value is -0.0400. The Morgan fingerprint density at radius 3 is 2.36 bits per heavy atom. The lowest BCUT2D eigenvalue weighted by molar-refractivity contribution is 0.130. The molecule has 2 aliphatic rings. The molecule has 0 spiro atoms. The fourth-order valence-electron chi connectivity index (χ4n) is 3.13. The molecule has 0 heterocycles. The summed E-state index contributed by atoms with van der Waals surface area (Å²) in [7, 11) is 0. The van der Waals surface area contributed by atoms with Gasteiger partial charge in [0, 0.05) is 6.04 Å². The maximum Gasteiger partial charge on any atom is 0.00980 e. The maximum atomic E-state index is 3.77. The maximum absolute atomic E-state index is 3.77. The first-order valence-electron chi connectivity index (χ1n) is 6.42. The third-order valence-corrected chi connectivity index (χ3v) is 4.84. The van der Waals surface area contributed by atoms with Crippen molar-refractivity contribution in [1.82, 2.24) is 5.32 Å². The van der Waals surface area contributed by atoms with Crippen molar-refractivity contribution in [1.29, 1.82) is 0 Å². The molecule has 5 unspecified atom stereocenters. The van der Waals surface area contributed by atoms with E-state index < -0.39 is 0 Å². The van der Waals surface area contributed by atoms with Gasteiger partial charge in [-0.25, -0.2) is 0 Å². The van der Waals surface area contributed by atoms with Crippen molar-refractivity contribution in [2.45, 2.75) is 52.5 Å². The Bertz CT molecular complexity index is 190. The van der Waals surface area contributed by atoms with Gasteiger partial charge in [0.25, 0.3) is 0 Å². The third kappa shape index (κ3) is 1.98. The minimum atomic E-state index is 0.831. The third-order valence-electron chi connectivity index (χ3n) is 4.84. The summed E-state index contributed by atoms with van der Waals surface area (Å²) in [5.74, 6) is 3.80. The van der Waals surface area contributed by atoms with Gasteiger partial charge in [0.1, 0.15) is 0 Å². The highest BCUT2D eigenvalue weighted by molar-refractivity contribution is 4.90. The molecule has 0 aromatic carbocycles. The van der Waals surface area contributed by atoms with Crippen LogP contribution in [0.1, 0.15) is 46.5 Å². The zero-order valence-corrected chi connectivity index (χ0v) is 9.92. The van der Waals surface area contributed by atoms with Crippen LogP contribution in [0.25, 0.3) is 0 Å². The standard InChI is InChI=1S/C13H25N/c1-9-5-4-6-12(9)8-14-13-7-10(2)11(13)3/h9-14H,4-8H2,1-3H3. The minimum absolute atomic E-state index is 0.831. The molecule has 0 bridgehead atoms. The predicted octanol–water partition coefficient (Wildman–Crippen LogP) is 3.06. The average Bonchev–Trinajstić information content (AvgIpc) is 2.58. The molecule has 2 aliphatic carbocycles. The number of rotatable bonds is 3. The fraction of sp³-hybridized carbons (Fsp3) is 1.00. The van der Waals surface area contributed by atoms with Crippen molar-refractivity contribution in [2.75, 3.05) is 6.54 Å². The average molecular weight is 195 g/mol. The molecule has 0 saturated heterocycles. The van der Waals surface area contributed by atoms with E-state index in [1.807, 2.05) is 0 Å². The molecular weight excluding hydrogens is 170 g/mol. The first-order chi connectivity index (χ1) is 6.68. The van der Waals surface area contributed by atoms with Crippen LogP contribution in [-0.4, -0.2) is 12.6 Å². The van der Waals surface area contributed by atoms with Crippen LogP contribution in [-0.2, 0) is 0 Å². The second-order valence-electron chi connectivity index (χ2n) is 5.76. The van der Waals surface area contributed by atoms with Gasteiger partial charge < -0.3 is 5.32 Å². The van der Waals surface area contributed by atoms with Crippen LogP contribution in [0.5, 0.6) is 0 Å². The normalized spacial score (nSPS) is 47.8. The molecule has 1 nitrogen and oxygen atoms in total. The smallest absolute Gasteiger partial charge is 0.00980 e. The topological polar surface area (TPSA) is 12.0 Å². The molecule has 0 amide bonds. The highest BCUT2D eigenvalue weighted by Gasteiger charge is 2.34. The summed E-state index contributed by atoms with van der Waals surface area (Å²) >= 11 is 0. The molecule has 2 rings (SSSR count). The predicted molar refractivity (Wildman–Crippen MR) is 61.2 cm³/mol. The molecule has 0 aromatic heterocycles. The van der Waals surface area contributed by atoms with Crippen molar-refractivity contribution in [3.63, 3.8) is 0 Å². The van der Waals surface area contributed by atoms with Crippen LogP contribution in [0, 0.1) is 23.7 Å². The lowest BCUT2D eigenvalue weighted by atomic mass is 9.71. The molecule has 5 atom stereocenters. The molecule has 2 fully saturated rings. The first kappa shape index (κ1) is 10.5. The van der Waals surface area contributed by atoms with Crippen LogP contribution in [0.3, 0.4) is 0 Å². The lowest BCUT2D eigenvalue weighted by Gasteiger charge is -2.42. The molecule has 2 saturated carbocycles. The van der Waals surface area contributed by atoms with E-state index in [4.69, 9.17) is 0 Å². The van der Waals surface area contributed by atoms with Crippen LogP contribution in [0.4, 0.5) is 0 Å². The molecule has 82 valence electrons. The number of nitrogens with one attached hydrogen (secondary N) is 1. The Morgan fingerprint density at radius 2 is 1.86 bits per heavy atom. The van der Waals surface area contributed by atoms with E-state index >= 15 is 0 Å². The second-order valence-corrected chi connectivity index (χ2v) is 5.76. The second kappa shape index (κ2) is 4.22. The molecule has 0 aromatic rings. The van der Waals surface area contributed by atoms with Crippen LogP contribution < -0.4 is 5.32 Å². The van der Waals surface area contributed by atoms with E-state index in [-0.39, 0.29) is 0 Å². The van der Waals surface area contributed by atoms with Gasteiger partial charge in [0.15, 0.2) is 0 Å². The molecule has 1 heteroatoms. The highest BCUT2D eigenvalue weighted by atomic mass is 14.9. The summed E-state index contributed by atoms with van der Waals surface area (Å²) in [6, 6.07) is 0.831. The van der Waals surface area contributed by atoms with Gasteiger partial charge in [-0.3, -0.25) is 0 Å². The van der Waals surface area contributed by atoms with Gasteiger partial charge in [-0.05, 0) is 43.1 Å². The summed E-state index contributed by atoms with van der Waals surface area (Å²) in [5.41, 5.74) is 0. The Labute approximate surface area is 88.7 Å². The van der Waals surface area contributed by atoms with Gasteiger partial charge in [0.05, 0.1) is 0 Å². The summed E-state index contributed by atoms with van der Waals surface area (Å²) in [6.07, 6.45) is 5.79.